The highest BCUT2D eigenvalue weighted by molar-refractivity contribution is 5.01. The van der Waals surface area contributed by atoms with E-state index in [1.54, 1.807) is 0 Å². The van der Waals surface area contributed by atoms with Crippen molar-refractivity contribution in [2.75, 3.05) is 26.2 Å². The zero-order valence-corrected chi connectivity index (χ0v) is 9.76. The maximum Gasteiger partial charge on any atom is 0.0683 e. The second-order valence-corrected chi connectivity index (χ2v) is 5.20. The Morgan fingerprint density at radius 2 is 2.20 bits per heavy atom. The Labute approximate surface area is 93.4 Å². The summed E-state index contributed by atoms with van der Waals surface area (Å²) in [5, 5.41) is 3.54. The van der Waals surface area contributed by atoms with Crippen LogP contribution in [0, 0.1) is 17.8 Å². The van der Waals surface area contributed by atoms with Crippen LogP contribution in [0.3, 0.4) is 0 Å². The fourth-order valence-electron chi connectivity index (χ4n) is 3.06. The molecule has 0 aromatic rings. The second kappa shape index (κ2) is 4.55. The maximum atomic E-state index is 5.51. The van der Waals surface area contributed by atoms with Crippen LogP contribution in [0.5, 0.6) is 0 Å². The molecule has 15 heavy (non-hydrogen) atoms. The molecule has 2 nitrogen and oxygen atoms in total. The van der Waals surface area contributed by atoms with Gasteiger partial charge in [0, 0.05) is 13.1 Å². The maximum absolute atomic E-state index is 5.51. The van der Waals surface area contributed by atoms with Crippen LogP contribution in [0.4, 0.5) is 0 Å². The number of piperidine rings is 2. The molecule has 2 aliphatic heterocycles. The topological polar surface area (TPSA) is 15.3 Å². The average Bonchev–Trinajstić information content (AvgIpc) is 2.29. The molecule has 0 amide bonds. The van der Waals surface area contributed by atoms with Gasteiger partial charge in [-0.25, -0.2) is 0 Å². The molecule has 2 heterocycles. The van der Waals surface area contributed by atoms with Crippen LogP contribution in [-0.2, 0) is 0 Å². The number of hydrogen-bond donors (Lipinski definition) is 1. The van der Waals surface area contributed by atoms with Crippen molar-refractivity contribution >= 4 is 0 Å². The molecular weight excluding hydrogens is 184 g/mol. The van der Waals surface area contributed by atoms with E-state index < -0.39 is 0 Å². The Morgan fingerprint density at radius 3 is 2.87 bits per heavy atom. The number of likely N-dealkylation sites (tertiary alicyclic amines) is 1. The normalized spacial score (nSPS) is 34.9. The van der Waals surface area contributed by atoms with Crippen LogP contribution in [0.1, 0.15) is 32.6 Å². The smallest absolute Gasteiger partial charge is 0.0683 e. The average molecular weight is 206 g/mol. The summed E-state index contributed by atoms with van der Waals surface area (Å²) >= 11 is 0. The van der Waals surface area contributed by atoms with Gasteiger partial charge >= 0.3 is 0 Å². The van der Waals surface area contributed by atoms with Gasteiger partial charge in [0.2, 0.25) is 0 Å². The van der Waals surface area contributed by atoms with Gasteiger partial charge in [0.05, 0.1) is 6.04 Å². The van der Waals surface area contributed by atoms with Crippen LogP contribution < -0.4 is 5.32 Å². The van der Waals surface area contributed by atoms with E-state index >= 15 is 0 Å². The monoisotopic (exact) mass is 206 g/mol. The van der Waals surface area contributed by atoms with Crippen molar-refractivity contribution < 1.29 is 0 Å². The molecule has 1 spiro atoms. The summed E-state index contributed by atoms with van der Waals surface area (Å²) in [6, 6.07) is 0.309. The van der Waals surface area contributed by atoms with E-state index in [0.29, 0.717) is 11.5 Å². The fourth-order valence-corrected chi connectivity index (χ4v) is 3.06. The number of rotatable bonds is 1. The minimum Gasteiger partial charge on any atom is -0.316 e. The van der Waals surface area contributed by atoms with E-state index in [-0.39, 0.29) is 0 Å². The van der Waals surface area contributed by atoms with E-state index in [0.717, 1.165) is 0 Å². The van der Waals surface area contributed by atoms with Crippen molar-refractivity contribution in [1.82, 2.24) is 10.2 Å². The van der Waals surface area contributed by atoms with Crippen molar-refractivity contribution in [3.63, 3.8) is 0 Å². The SMILES string of the molecule is C#CC(C)N1CCCC2(CCCNC2)C1. The van der Waals surface area contributed by atoms with Crippen molar-refractivity contribution in [3.05, 3.63) is 0 Å². The van der Waals surface area contributed by atoms with Crippen LogP contribution in [-0.4, -0.2) is 37.1 Å². The highest BCUT2D eigenvalue weighted by Crippen LogP contribution is 2.36. The lowest BCUT2D eigenvalue weighted by molar-refractivity contribution is 0.0549. The van der Waals surface area contributed by atoms with Crippen LogP contribution in [0.25, 0.3) is 0 Å². The van der Waals surface area contributed by atoms with Gasteiger partial charge in [0.1, 0.15) is 0 Å². The molecule has 0 aromatic heterocycles. The van der Waals surface area contributed by atoms with Gasteiger partial charge in [-0.2, -0.15) is 0 Å². The molecule has 2 atom stereocenters. The van der Waals surface area contributed by atoms with Crippen molar-refractivity contribution in [2.24, 2.45) is 5.41 Å². The van der Waals surface area contributed by atoms with Crippen molar-refractivity contribution in [3.8, 4) is 12.3 Å². The summed E-state index contributed by atoms with van der Waals surface area (Å²) in [7, 11) is 0. The first-order valence-electron chi connectivity index (χ1n) is 6.17. The summed E-state index contributed by atoms with van der Waals surface area (Å²) < 4.78 is 0. The third kappa shape index (κ3) is 2.35. The first kappa shape index (κ1) is 11.0. The standard InChI is InChI=1S/C13H22N2/c1-3-12(2)15-9-5-7-13(11-15)6-4-8-14-10-13/h1,12,14H,4-11H2,2H3. The van der Waals surface area contributed by atoms with E-state index in [4.69, 9.17) is 6.42 Å². The van der Waals surface area contributed by atoms with E-state index in [1.165, 1.54) is 51.9 Å². The number of nitrogens with zero attached hydrogens (tertiary/aromatic N) is 1. The molecule has 2 unspecified atom stereocenters. The summed E-state index contributed by atoms with van der Waals surface area (Å²) in [6.45, 7) is 6.93. The second-order valence-electron chi connectivity index (χ2n) is 5.20. The number of nitrogens with one attached hydrogen (secondary N) is 1. The summed E-state index contributed by atoms with van der Waals surface area (Å²) in [5.74, 6) is 2.86. The molecule has 2 aliphatic rings. The molecule has 0 aliphatic carbocycles. The number of hydrogen-bond acceptors (Lipinski definition) is 2. The minimum absolute atomic E-state index is 0.309. The van der Waals surface area contributed by atoms with Crippen LogP contribution in [0.2, 0.25) is 0 Å². The predicted molar refractivity (Wildman–Crippen MR) is 63.6 cm³/mol. The molecule has 0 bridgehead atoms. The lowest BCUT2D eigenvalue weighted by atomic mass is 9.74. The third-order valence-electron chi connectivity index (χ3n) is 4.04. The van der Waals surface area contributed by atoms with E-state index in [2.05, 4.69) is 23.1 Å². The molecule has 2 fully saturated rings. The van der Waals surface area contributed by atoms with Gasteiger partial charge in [0.25, 0.3) is 0 Å². The minimum atomic E-state index is 0.309. The van der Waals surface area contributed by atoms with Crippen LogP contribution in [0.15, 0.2) is 0 Å². The van der Waals surface area contributed by atoms with Crippen molar-refractivity contribution in [1.29, 1.82) is 0 Å². The van der Waals surface area contributed by atoms with Crippen molar-refractivity contribution in [2.45, 2.75) is 38.6 Å². The molecule has 0 aromatic carbocycles. The highest BCUT2D eigenvalue weighted by Gasteiger charge is 2.37. The third-order valence-corrected chi connectivity index (χ3v) is 4.04. The molecule has 1 N–H and O–H groups in total. The summed E-state index contributed by atoms with van der Waals surface area (Å²) in [4.78, 5) is 2.48. The molecule has 2 heteroatoms. The van der Waals surface area contributed by atoms with Gasteiger partial charge in [-0.3, -0.25) is 4.90 Å². The first-order valence-corrected chi connectivity index (χ1v) is 6.17. The van der Waals surface area contributed by atoms with Gasteiger partial charge in [0.15, 0.2) is 0 Å². The zero-order chi connectivity index (χ0) is 10.7. The van der Waals surface area contributed by atoms with Gasteiger partial charge in [-0.1, -0.05) is 5.92 Å². The number of terminal acetylenes is 1. The van der Waals surface area contributed by atoms with Gasteiger partial charge < -0.3 is 5.32 Å². The highest BCUT2D eigenvalue weighted by atomic mass is 15.2. The van der Waals surface area contributed by atoms with Gasteiger partial charge in [-0.15, -0.1) is 6.42 Å². The first-order chi connectivity index (χ1) is 7.26. The molecular formula is C13H22N2. The summed E-state index contributed by atoms with van der Waals surface area (Å²) in [6.07, 6.45) is 10.9. The van der Waals surface area contributed by atoms with Crippen LogP contribution >= 0.6 is 0 Å². The Balaban J connectivity index is 1.99. The quantitative estimate of drug-likeness (QED) is 0.654. The molecule has 2 rings (SSSR count). The Morgan fingerprint density at radius 1 is 1.40 bits per heavy atom. The fraction of sp³-hybridized carbons (Fsp3) is 0.846. The van der Waals surface area contributed by atoms with Gasteiger partial charge in [-0.05, 0) is 51.1 Å². The molecule has 84 valence electrons. The Bertz CT molecular complexity index is 242. The van der Waals surface area contributed by atoms with E-state index in [1.807, 2.05) is 0 Å². The lowest BCUT2D eigenvalue weighted by Gasteiger charge is -2.46. The Kier molecular flexibility index (Phi) is 3.33. The summed E-state index contributed by atoms with van der Waals surface area (Å²) in [5.41, 5.74) is 0.529. The predicted octanol–water partition coefficient (Wildman–Crippen LogP) is 1.47. The zero-order valence-electron chi connectivity index (χ0n) is 9.76. The molecule has 2 saturated heterocycles. The Hall–Kier alpha value is -0.520. The molecule has 0 radical (unpaired) electrons. The lowest BCUT2D eigenvalue weighted by Crippen LogP contribution is -2.52. The van der Waals surface area contributed by atoms with E-state index in [9.17, 15) is 0 Å². The largest absolute Gasteiger partial charge is 0.316 e. The molecule has 0 saturated carbocycles.